The summed E-state index contributed by atoms with van der Waals surface area (Å²) < 4.78 is 1.32. The fourth-order valence-corrected chi connectivity index (χ4v) is 2.02. The Morgan fingerprint density at radius 3 is 2.52 bits per heavy atom. The van der Waals surface area contributed by atoms with Gasteiger partial charge in [0.1, 0.15) is 5.69 Å². The summed E-state index contributed by atoms with van der Waals surface area (Å²) in [7, 11) is 1.57. The van der Waals surface area contributed by atoms with Gasteiger partial charge in [-0.25, -0.2) is 0 Å². The van der Waals surface area contributed by atoms with Crippen molar-refractivity contribution in [2.45, 2.75) is 38.5 Å². The largest absolute Gasteiger partial charge is 0.481 e. The topological polar surface area (TPSA) is 88.4 Å². The number of amides is 1. The van der Waals surface area contributed by atoms with Crippen LogP contribution >= 0.6 is 0 Å². The molecule has 1 aromatic rings. The Morgan fingerprint density at radius 1 is 1.14 bits per heavy atom. The number of pyridine rings is 1. The zero-order valence-corrected chi connectivity index (χ0v) is 12.3. The van der Waals surface area contributed by atoms with E-state index in [-0.39, 0.29) is 17.9 Å². The van der Waals surface area contributed by atoms with Gasteiger partial charge in [0.05, 0.1) is 0 Å². The second kappa shape index (κ2) is 8.94. The van der Waals surface area contributed by atoms with E-state index in [2.05, 4.69) is 5.32 Å². The number of carbonyl (C=O) groups excluding carboxylic acids is 1. The van der Waals surface area contributed by atoms with Crippen LogP contribution in [0.2, 0.25) is 0 Å². The number of nitrogens with zero attached hydrogens (tertiary/aromatic N) is 1. The molecule has 0 unspecified atom stereocenters. The van der Waals surface area contributed by atoms with Crippen molar-refractivity contribution in [3.63, 3.8) is 0 Å². The van der Waals surface area contributed by atoms with E-state index in [1.165, 1.54) is 10.6 Å². The number of rotatable bonds is 9. The summed E-state index contributed by atoms with van der Waals surface area (Å²) in [6, 6.07) is 4.59. The third-order valence-corrected chi connectivity index (χ3v) is 3.27. The first kappa shape index (κ1) is 16.9. The van der Waals surface area contributed by atoms with E-state index in [1.54, 1.807) is 19.2 Å². The third kappa shape index (κ3) is 6.25. The molecule has 1 heterocycles. The number of unbranched alkanes of at least 4 members (excludes halogenated alkanes) is 4. The van der Waals surface area contributed by atoms with Gasteiger partial charge in [-0.2, -0.15) is 0 Å². The number of carboxylic acids is 1. The molecule has 1 aromatic heterocycles. The Hall–Kier alpha value is -2.11. The molecule has 1 amide bonds. The molecule has 21 heavy (non-hydrogen) atoms. The zero-order valence-electron chi connectivity index (χ0n) is 12.3. The molecule has 0 bridgehead atoms. The smallest absolute Gasteiger partial charge is 0.303 e. The van der Waals surface area contributed by atoms with Crippen molar-refractivity contribution in [1.29, 1.82) is 0 Å². The van der Waals surface area contributed by atoms with E-state index in [0.717, 1.165) is 25.7 Å². The molecule has 0 aromatic carbocycles. The van der Waals surface area contributed by atoms with Gasteiger partial charge < -0.3 is 15.0 Å². The Balaban J connectivity index is 2.18. The van der Waals surface area contributed by atoms with Gasteiger partial charge in [0.2, 0.25) is 0 Å². The van der Waals surface area contributed by atoms with Crippen LogP contribution in [0.25, 0.3) is 0 Å². The van der Waals surface area contributed by atoms with Crippen LogP contribution in [0, 0.1) is 0 Å². The van der Waals surface area contributed by atoms with Gasteiger partial charge in [-0.05, 0) is 18.9 Å². The fourth-order valence-electron chi connectivity index (χ4n) is 2.02. The van der Waals surface area contributed by atoms with E-state index in [1.807, 2.05) is 0 Å². The molecule has 0 spiro atoms. The highest BCUT2D eigenvalue weighted by Gasteiger charge is 2.08. The molecular formula is C15H22N2O4. The number of carboxylic acid groups (broad SMARTS) is 1. The van der Waals surface area contributed by atoms with Gasteiger partial charge >= 0.3 is 5.97 Å². The van der Waals surface area contributed by atoms with E-state index in [0.29, 0.717) is 18.7 Å². The van der Waals surface area contributed by atoms with Crippen LogP contribution < -0.4 is 10.9 Å². The maximum atomic E-state index is 11.9. The molecule has 0 radical (unpaired) electrons. The van der Waals surface area contributed by atoms with E-state index in [4.69, 9.17) is 5.11 Å². The first-order valence-electron chi connectivity index (χ1n) is 7.18. The fraction of sp³-hybridized carbons (Fsp3) is 0.533. The number of aromatic nitrogens is 1. The van der Waals surface area contributed by atoms with Gasteiger partial charge in [0.15, 0.2) is 0 Å². The summed E-state index contributed by atoms with van der Waals surface area (Å²) in [6.07, 6.45) is 4.58. The first-order valence-corrected chi connectivity index (χ1v) is 7.18. The summed E-state index contributed by atoms with van der Waals surface area (Å²) in [4.78, 5) is 33.6. The molecule has 0 aliphatic heterocycles. The minimum atomic E-state index is -0.754. The van der Waals surface area contributed by atoms with Crippen LogP contribution in [0.5, 0.6) is 0 Å². The molecule has 0 saturated carbocycles. The number of hydrogen-bond donors (Lipinski definition) is 2. The normalized spacial score (nSPS) is 10.3. The number of hydrogen-bond acceptors (Lipinski definition) is 3. The van der Waals surface area contributed by atoms with E-state index in [9.17, 15) is 14.4 Å². The highest BCUT2D eigenvalue weighted by atomic mass is 16.4. The summed E-state index contributed by atoms with van der Waals surface area (Å²) in [5, 5.41) is 11.3. The molecule has 0 aliphatic rings. The van der Waals surface area contributed by atoms with Crippen LogP contribution in [0.4, 0.5) is 0 Å². The molecule has 6 nitrogen and oxygen atoms in total. The Labute approximate surface area is 123 Å². The maximum absolute atomic E-state index is 11.9. The molecule has 1 rings (SSSR count). The van der Waals surface area contributed by atoms with Crippen molar-refractivity contribution in [2.24, 2.45) is 7.05 Å². The second-order valence-corrected chi connectivity index (χ2v) is 4.98. The molecule has 0 atom stereocenters. The van der Waals surface area contributed by atoms with E-state index < -0.39 is 5.97 Å². The van der Waals surface area contributed by atoms with Crippen molar-refractivity contribution in [3.05, 3.63) is 34.2 Å². The average molecular weight is 294 g/mol. The summed E-state index contributed by atoms with van der Waals surface area (Å²) in [5.74, 6) is -1.00. The summed E-state index contributed by atoms with van der Waals surface area (Å²) in [6.45, 7) is 0.556. The maximum Gasteiger partial charge on any atom is 0.303 e. The third-order valence-electron chi connectivity index (χ3n) is 3.27. The lowest BCUT2D eigenvalue weighted by atomic mass is 10.1. The lowest BCUT2D eigenvalue weighted by Crippen LogP contribution is -2.30. The minimum Gasteiger partial charge on any atom is -0.481 e. The minimum absolute atomic E-state index is 0.207. The molecule has 0 fully saturated rings. The van der Waals surface area contributed by atoms with Gasteiger partial charge in [-0.1, -0.05) is 25.3 Å². The first-order chi connectivity index (χ1) is 10.0. The van der Waals surface area contributed by atoms with Gasteiger partial charge in [-0.3, -0.25) is 14.4 Å². The second-order valence-electron chi connectivity index (χ2n) is 4.98. The van der Waals surface area contributed by atoms with Gasteiger partial charge in [-0.15, -0.1) is 0 Å². The average Bonchev–Trinajstić information content (AvgIpc) is 2.44. The summed E-state index contributed by atoms with van der Waals surface area (Å²) in [5.41, 5.74) is 0.144. The van der Waals surface area contributed by atoms with Gasteiger partial charge in [0.25, 0.3) is 11.5 Å². The highest BCUT2D eigenvalue weighted by molar-refractivity contribution is 5.92. The lowest BCUT2D eigenvalue weighted by molar-refractivity contribution is -0.137. The van der Waals surface area contributed by atoms with Crippen molar-refractivity contribution in [2.75, 3.05) is 6.54 Å². The lowest BCUT2D eigenvalue weighted by Gasteiger charge is -2.08. The Morgan fingerprint density at radius 2 is 1.81 bits per heavy atom. The number of aliphatic carboxylic acids is 1. The van der Waals surface area contributed by atoms with Crippen LogP contribution in [0.3, 0.4) is 0 Å². The predicted octanol–water partition coefficient (Wildman–Crippen LogP) is 1.54. The van der Waals surface area contributed by atoms with Gasteiger partial charge in [0, 0.05) is 26.1 Å². The molecule has 0 saturated heterocycles. The van der Waals surface area contributed by atoms with Crippen LogP contribution in [-0.2, 0) is 11.8 Å². The van der Waals surface area contributed by atoms with Crippen molar-refractivity contribution in [1.82, 2.24) is 9.88 Å². The van der Waals surface area contributed by atoms with Crippen LogP contribution in [0.1, 0.15) is 49.0 Å². The molecule has 6 heteroatoms. The zero-order chi connectivity index (χ0) is 15.7. The molecular weight excluding hydrogens is 272 g/mol. The monoisotopic (exact) mass is 294 g/mol. The van der Waals surface area contributed by atoms with Crippen LogP contribution in [0.15, 0.2) is 23.0 Å². The van der Waals surface area contributed by atoms with E-state index >= 15 is 0 Å². The SMILES string of the molecule is Cn1c(C(=O)NCCCCCCCC(=O)O)cccc1=O. The highest BCUT2D eigenvalue weighted by Crippen LogP contribution is 2.05. The number of carbonyl (C=O) groups is 2. The summed E-state index contributed by atoms with van der Waals surface area (Å²) >= 11 is 0. The standard InChI is InChI=1S/C15H22N2O4/c1-17-12(8-7-9-13(17)18)15(21)16-11-6-4-2-3-5-10-14(19)20/h7-9H,2-6,10-11H2,1H3,(H,16,21)(H,19,20). The van der Waals surface area contributed by atoms with Crippen molar-refractivity contribution >= 4 is 11.9 Å². The Kier molecular flexibility index (Phi) is 7.21. The van der Waals surface area contributed by atoms with Crippen molar-refractivity contribution in [3.8, 4) is 0 Å². The molecule has 116 valence electrons. The molecule has 0 aliphatic carbocycles. The predicted molar refractivity (Wildman–Crippen MR) is 79.4 cm³/mol. The molecule has 2 N–H and O–H groups in total. The Bertz CT molecular complexity index is 537. The van der Waals surface area contributed by atoms with Crippen LogP contribution in [-0.4, -0.2) is 28.1 Å². The van der Waals surface area contributed by atoms with Crippen molar-refractivity contribution < 1.29 is 14.7 Å². The number of nitrogens with one attached hydrogen (secondary N) is 1. The quantitative estimate of drug-likeness (QED) is 0.676.